The van der Waals surface area contributed by atoms with Crippen LogP contribution in [0.4, 0.5) is 8.78 Å². The lowest BCUT2D eigenvalue weighted by atomic mass is 10.1. The first-order valence-corrected chi connectivity index (χ1v) is 5.98. The molecule has 2 atom stereocenters. The molecule has 2 rings (SSSR count). The zero-order valence-electron chi connectivity index (χ0n) is 10.4. The quantitative estimate of drug-likeness (QED) is 0.919. The fourth-order valence-corrected chi connectivity index (χ4v) is 2.50. The predicted molar refractivity (Wildman–Crippen MR) is 70.6 cm³/mol. The maximum Gasteiger partial charge on any atom is 0.130 e. The van der Waals surface area contributed by atoms with Crippen molar-refractivity contribution in [2.45, 2.75) is 25.9 Å². The summed E-state index contributed by atoms with van der Waals surface area (Å²) in [6, 6.07) is 4.34. The molecule has 0 aliphatic carbocycles. The number of benzene rings is 1. The van der Waals surface area contributed by atoms with Crippen LogP contribution in [0.1, 0.15) is 18.9 Å². The number of likely N-dealkylation sites (tertiary alicyclic amines) is 1. The van der Waals surface area contributed by atoms with E-state index in [-0.39, 0.29) is 18.0 Å². The van der Waals surface area contributed by atoms with Crippen LogP contribution in [0.15, 0.2) is 18.2 Å². The highest BCUT2D eigenvalue weighted by Gasteiger charge is 2.29. The molecule has 0 amide bonds. The molecule has 1 aliphatic rings. The molecule has 1 heterocycles. The Balaban J connectivity index is 0.00000162. The number of rotatable bonds is 3. The molecule has 0 radical (unpaired) electrons. The van der Waals surface area contributed by atoms with Crippen LogP contribution in [0.2, 0.25) is 0 Å². The van der Waals surface area contributed by atoms with Gasteiger partial charge in [-0.15, -0.1) is 12.4 Å². The Morgan fingerprint density at radius 2 is 1.94 bits per heavy atom. The molecule has 0 saturated carbocycles. The normalized spacial score (nSPS) is 24.0. The lowest BCUT2D eigenvalue weighted by molar-refractivity contribution is 0.248. The van der Waals surface area contributed by atoms with E-state index in [0.717, 1.165) is 13.0 Å². The molecule has 2 N–H and O–H groups in total. The average molecular weight is 277 g/mol. The number of nitrogens with two attached hydrogens (primary N) is 1. The first kappa shape index (κ1) is 15.3. The molecule has 0 bridgehead atoms. The first-order valence-electron chi connectivity index (χ1n) is 5.98. The third-order valence-electron chi connectivity index (χ3n) is 3.55. The van der Waals surface area contributed by atoms with Crippen molar-refractivity contribution in [2.75, 3.05) is 13.1 Å². The molecule has 1 aromatic rings. The number of nitrogens with zero attached hydrogens (tertiary/aromatic N) is 1. The van der Waals surface area contributed by atoms with Crippen LogP contribution in [0.25, 0.3) is 0 Å². The zero-order chi connectivity index (χ0) is 12.4. The van der Waals surface area contributed by atoms with Gasteiger partial charge in [-0.2, -0.15) is 0 Å². The Bertz CT molecular complexity index is 380. The molecule has 0 spiro atoms. The van der Waals surface area contributed by atoms with Gasteiger partial charge < -0.3 is 5.73 Å². The zero-order valence-corrected chi connectivity index (χ0v) is 11.2. The minimum Gasteiger partial charge on any atom is -0.330 e. The van der Waals surface area contributed by atoms with Crippen molar-refractivity contribution in [3.63, 3.8) is 0 Å². The highest BCUT2D eigenvalue weighted by molar-refractivity contribution is 5.85. The van der Waals surface area contributed by atoms with Gasteiger partial charge in [0.2, 0.25) is 0 Å². The standard InChI is InChI=1S/C13H18F2N2.ClH/c1-9-5-10(6-16)7-17(9)8-11-12(14)3-2-4-13(11)15;/h2-4,9-10H,5-8,16H2,1H3;1H. The molecule has 1 fully saturated rings. The lowest BCUT2D eigenvalue weighted by Crippen LogP contribution is -2.28. The van der Waals surface area contributed by atoms with Crippen molar-refractivity contribution in [2.24, 2.45) is 11.7 Å². The van der Waals surface area contributed by atoms with Crippen LogP contribution >= 0.6 is 12.4 Å². The highest BCUT2D eigenvalue weighted by Crippen LogP contribution is 2.25. The molecule has 1 saturated heterocycles. The van der Waals surface area contributed by atoms with Crippen molar-refractivity contribution >= 4 is 12.4 Å². The molecular formula is C13H19ClF2N2. The van der Waals surface area contributed by atoms with Gasteiger partial charge in [0.25, 0.3) is 0 Å². The van der Waals surface area contributed by atoms with Gasteiger partial charge in [0, 0.05) is 24.7 Å². The summed E-state index contributed by atoms with van der Waals surface area (Å²) < 4.78 is 27.0. The maximum atomic E-state index is 13.5. The van der Waals surface area contributed by atoms with Gasteiger partial charge in [-0.05, 0) is 37.9 Å². The van der Waals surface area contributed by atoms with Crippen molar-refractivity contribution in [3.05, 3.63) is 35.4 Å². The van der Waals surface area contributed by atoms with Gasteiger partial charge >= 0.3 is 0 Å². The van der Waals surface area contributed by atoms with E-state index in [1.807, 2.05) is 0 Å². The van der Waals surface area contributed by atoms with E-state index >= 15 is 0 Å². The average Bonchev–Trinajstić information content (AvgIpc) is 2.65. The fraction of sp³-hybridized carbons (Fsp3) is 0.538. The molecule has 2 unspecified atom stereocenters. The molecule has 5 heteroatoms. The maximum absolute atomic E-state index is 13.5. The largest absolute Gasteiger partial charge is 0.330 e. The Kier molecular flexibility index (Phi) is 5.50. The predicted octanol–water partition coefficient (Wildman–Crippen LogP) is 2.56. The Hall–Kier alpha value is -0.710. The van der Waals surface area contributed by atoms with E-state index in [4.69, 9.17) is 5.73 Å². The van der Waals surface area contributed by atoms with Crippen molar-refractivity contribution in [3.8, 4) is 0 Å². The Morgan fingerprint density at radius 1 is 1.33 bits per heavy atom. The van der Waals surface area contributed by atoms with E-state index in [0.29, 0.717) is 25.0 Å². The number of hydrogen-bond acceptors (Lipinski definition) is 2. The van der Waals surface area contributed by atoms with Gasteiger partial charge in [-0.1, -0.05) is 6.07 Å². The molecule has 1 aliphatic heterocycles. The smallest absolute Gasteiger partial charge is 0.130 e. The second-order valence-electron chi connectivity index (χ2n) is 4.82. The third kappa shape index (κ3) is 3.19. The minimum atomic E-state index is -0.464. The molecule has 18 heavy (non-hydrogen) atoms. The number of hydrogen-bond donors (Lipinski definition) is 1. The van der Waals surface area contributed by atoms with Crippen LogP contribution in [0.5, 0.6) is 0 Å². The van der Waals surface area contributed by atoms with E-state index in [1.54, 1.807) is 0 Å². The van der Waals surface area contributed by atoms with Crippen molar-refractivity contribution in [1.82, 2.24) is 4.90 Å². The van der Waals surface area contributed by atoms with E-state index in [1.165, 1.54) is 18.2 Å². The SMILES string of the molecule is CC1CC(CN)CN1Cc1c(F)cccc1F.Cl. The summed E-state index contributed by atoms with van der Waals surface area (Å²) in [6.45, 7) is 3.87. The van der Waals surface area contributed by atoms with Crippen LogP contribution in [0, 0.1) is 17.6 Å². The van der Waals surface area contributed by atoms with Crippen LogP contribution in [0.3, 0.4) is 0 Å². The van der Waals surface area contributed by atoms with Gasteiger partial charge in [-0.25, -0.2) is 8.78 Å². The summed E-state index contributed by atoms with van der Waals surface area (Å²) in [5, 5.41) is 0. The first-order chi connectivity index (χ1) is 8.11. The van der Waals surface area contributed by atoms with Crippen LogP contribution in [-0.4, -0.2) is 24.0 Å². The lowest BCUT2D eigenvalue weighted by Gasteiger charge is -2.21. The van der Waals surface area contributed by atoms with Gasteiger partial charge in [0.15, 0.2) is 0 Å². The second-order valence-corrected chi connectivity index (χ2v) is 4.82. The minimum absolute atomic E-state index is 0. The topological polar surface area (TPSA) is 29.3 Å². The second kappa shape index (κ2) is 6.45. The monoisotopic (exact) mass is 276 g/mol. The van der Waals surface area contributed by atoms with Crippen molar-refractivity contribution < 1.29 is 8.78 Å². The van der Waals surface area contributed by atoms with Crippen LogP contribution in [-0.2, 0) is 6.54 Å². The molecule has 0 aromatic heterocycles. The molecule has 2 nitrogen and oxygen atoms in total. The summed E-state index contributed by atoms with van der Waals surface area (Å²) in [4.78, 5) is 2.10. The van der Waals surface area contributed by atoms with Crippen molar-refractivity contribution in [1.29, 1.82) is 0 Å². The molecular weight excluding hydrogens is 258 g/mol. The third-order valence-corrected chi connectivity index (χ3v) is 3.55. The summed E-state index contributed by atoms with van der Waals surface area (Å²) in [7, 11) is 0. The highest BCUT2D eigenvalue weighted by atomic mass is 35.5. The fourth-order valence-electron chi connectivity index (χ4n) is 2.50. The summed E-state index contributed by atoms with van der Waals surface area (Å²) in [5.74, 6) is -0.485. The Labute approximate surface area is 113 Å². The summed E-state index contributed by atoms with van der Waals surface area (Å²) >= 11 is 0. The van der Waals surface area contributed by atoms with E-state index in [2.05, 4.69) is 11.8 Å². The van der Waals surface area contributed by atoms with Gasteiger partial charge in [0.05, 0.1) is 0 Å². The Morgan fingerprint density at radius 3 is 2.44 bits per heavy atom. The molecule has 1 aromatic carbocycles. The van der Waals surface area contributed by atoms with E-state index in [9.17, 15) is 8.78 Å². The van der Waals surface area contributed by atoms with Crippen LogP contribution < -0.4 is 5.73 Å². The summed E-state index contributed by atoms with van der Waals surface area (Å²) in [6.07, 6.45) is 1.01. The summed E-state index contributed by atoms with van der Waals surface area (Å²) in [5.41, 5.74) is 5.80. The van der Waals surface area contributed by atoms with Gasteiger partial charge in [-0.3, -0.25) is 4.90 Å². The van der Waals surface area contributed by atoms with Gasteiger partial charge in [0.1, 0.15) is 11.6 Å². The van der Waals surface area contributed by atoms with E-state index < -0.39 is 11.6 Å². The molecule has 102 valence electrons. The number of halogens is 3.